The van der Waals surface area contributed by atoms with Crippen molar-refractivity contribution in [3.8, 4) is 16.9 Å². The molecule has 0 radical (unpaired) electrons. The molecular weight excluding hydrogens is 424 g/mol. The molecule has 0 amide bonds. The van der Waals surface area contributed by atoms with E-state index in [9.17, 15) is 5.11 Å². The van der Waals surface area contributed by atoms with Gasteiger partial charge in [0.1, 0.15) is 5.75 Å². The fraction of sp³-hybridized carbons (Fsp3) is 0.647. The highest BCUT2D eigenvalue weighted by Gasteiger charge is 2.27. The normalized spacial score (nSPS) is 12.3. The Morgan fingerprint density at radius 1 is 0.571 bits per heavy atom. The first kappa shape index (κ1) is 29.5. The van der Waals surface area contributed by atoms with Gasteiger partial charge >= 0.3 is 0 Å². The minimum atomic E-state index is -0.0435. The maximum Gasteiger partial charge on any atom is 0.123 e. The summed E-state index contributed by atoms with van der Waals surface area (Å²) in [5, 5.41) is 11.4. The molecule has 0 aromatic heterocycles. The molecule has 0 aliphatic carbocycles. The lowest BCUT2D eigenvalue weighted by Crippen LogP contribution is -2.17. The molecule has 2 aromatic rings. The van der Waals surface area contributed by atoms with Crippen LogP contribution in [0.3, 0.4) is 0 Å². The van der Waals surface area contributed by atoms with Crippen molar-refractivity contribution in [1.29, 1.82) is 0 Å². The van der Waals surface area contributed by atoms with Gasteiger partial charge in [-0.3, -0.25) is 0 Å². The van der Waals surface area contributed by atoms with Crippen LogP contribution in [-0.2, 0) is 23.7 Å². The molecule has 0 saturated carbocycles. The maximum atomic E-state index is 11.4. The quantitative estimate of drug-likeness (QED) is 0.284. The lowest BCUT2D eigenvalue weighted by atomic mass is 9.75. The zero-order chi connectivity index (χ0) is 26.1. The summed E-state index contributed by atoms with van der Waals surface area (Å²) in [6, 6.07) is 11.4. The van der Waals surface area contributed by atoms with Crippen molar-refractivity contribution >= 4 is 0 Å². The Bertz CT molecular complexity index is 907. The first-order valence-corrected chi connectivity index (χ1v) is 14.5. The second-order valence-electron chi connectivity index (χ2n) is 12.7. The Morgan fingerprint density at radius 2 is 1.06 bits per heavy atom. The first-order chi connectivity index (χ1) is 16.5. The van der Waals surface area contributed by atoms with Crippen LogP contribution in [0.4, 0.5) is 0 Å². The summed E-state index contributed by atoms with van der Waals surface area (Å²) in [6.07, 6.45) is 15.1. The molecule has 1 N–H and O–H groups in total. The summed E-state index contributed by atoms with van der Waals surface area (Å²) in [6.45, 7) is 18.3. The molecular formula is C34H54O. The van der Waals surface area contributed by atoms with E-state index >= 15 is 0 Å². The Balaban J connectivity index is 2.43. The Kier molecular flexibility index (Phi) is 11.4. The molecule has 0 fully saturated rings. The van der Waals surface area contributed by atoms with Crippen molar-refractivity contribution < 1.29 is 5.11 Å². The van der Waals surface area contributed by atoms with E-state index in [-0.39, 0.29) is 10.8 Å². The standard InChI is InChI=1S/C34H54O/c1-9-11-13-15-17-19-26-21-22-28(29(23-26)33(3,4)5)32-30(34(6,7)8)24-27(25-31(32)35)20-18-16-14-12-10-2/h21-25,35H,9-20H2,1-8H3. The van der Waals surface area contributed by atoms with Crippen LogP contribution in [0.5, 0.6) is 5.75 Å². The number of aryl methyl sites for hydroxylation is 2. The van der Waals surface area contributed by atoms with E-state index in [4.69, 9.17) is 0 Å². The number of aromatic hydroxyl groups is 1. The van der Waals surface area contributed by atoms with Gasteiger partial charge < -0.3 is 5.11 Å². The average Bonchev–Trinajstić information content (AvgIpc) is 2.77. The minimum absolute atomic E-state index is 0.00704. The molecule has 2 rings (SSSR count). The minimum Gasteiger partial charge on any atom is -0.507 e. The monoisotopic (exact) mass is 478 g/mol. The maximum absolute atomic E-state index is 11.4. The Labute approximate surface area is 217 Å². The highest BCUT2D eigenvalue weighted by atomic mass is 16.3. The molecule has 35 heavy (non-hydrogen) atoms. The summed E-state index contributed by atoms with van der Waals surface area (Å²) < 4.78 is 0. The van der Waals surface area contributed by atoms with Gasteiger partial charge in [-0.05, 0) is 70.4 Å². The summed E-state index contributed by atoms with van der Waals surface area (Å²) in [5.41, 5.74) is 7.50. The molecule has 0 spiro atoms. The van der Waals surface area contributed by atoms with E-state index in [1.165, 1.54) is 92.0 Å². The smallest absolute Gasteiger partial charge is 0.123 e. The number of benzene rings is 2. The van der Waals surface area contributed by atoms with E-state index < -0.39 is 0 Å². The molecule has 2 aromatic carbocycles. The van der Waals surface area contributed by atoms with Crippen molar-refractivity contribution in [2.24, 2.45) is 0 Å². The number of rotatable bonds is 13. The fourth-order valence-corrected chi connectivity index (χ4v) is 5.15. The Hall–Kier alpha value is -1.76. The highest BCUT2D eigenvalue weighted by molar-refractivity contribution is 5.79. The topological polar surface area (TPSA) is 20.2 Å². The van der Waals surface area contributed by atoms with E-state index in [0.717, 1.165) is 18.4 Å². The molecule has 1 heteroatoms. The summed E-state index contributed by atoms with van der Waals surface area (Å²) in [7, 11) is 0. The van der Waals surface area contributed by atoms with Gasteiger partial charge in [-0.2, -0.15) is 0 Å². The van der Waals surface area contributed by atoms with E-state index in [0.29, 0.717) is 5.75 Å². The van der Waals surface area contributed by atoms with Crippen LogP contribution >= 0.6 is 0 Å². The molecule has 0 atom stereocenters. The largest absolute Gasteiger partial charge is 0.507 e. The van der Waals surface area contributed by atoms with Gasteiger partial charge in [0.2, 0.25) is 0 Å². The third kappa shape index (κ3) is 9.00. The van der Waals surface area contributed by atoms with Crippen molar-refractivity contribution in [1.82, 2.24) is 0 Å². The van der Waals surface area contributed by atoms with Gasteiger partial charge in [-0.1, -0.05) is 131 Å². The molecule has 0 unspecified atom stereocenters. The van der Waals surface area contributed by atoms with E-state index in [1.54, 1.807) is 0 Å². The molecule has 0 aliphatic rings. The Morgan fingerprint density at radius 3 is 1.57 bits per heavy atom. The number of hydrogen-bond acceptors (Lipinski definition) is 1. The van der Waals surface area contributed by atoms with Crippen LogP contribution < -0.4 is 0 Å². The van der Waals surface area contributed by atoms with Crippen molar-refractivity contribution in [2.75, 3.05) is 0 Å². The highest BCUT2D eigenvalue weighted by Crippen LogP contribution is 2.44. The third-order valence-corrected chi connectivity index (χ3v) is 7.28. The van der Waals surface area contributed by atoms with Crippen LogP contribution in [0.25, 0.3) is 11.1 Å². The number of phenols is 1. The van der Waals surface area contributed by atoms with E-state index in [2.05, 4.69) is 79.7 Å². The second kappa shape index (κ2) is 13.5. The van der Waals surface area contributed by atoms with Gasteiger partial charge in [0.25, 0.3) is 0 Å². The van der Waals surface area contributed by atoms with E-state index in [1.807, 2.05) is 6.07 Å². The van der Waals surface area contributed by atoms with Crippen LogP contribution in [0, 0.1) is 0 Å². The average molecular weight is 479 g/mol. The summed E-state index contributed by atoms with van der Waals surface area (Å²) in [4.78, 5) is 0. The zero-order valence-electron chi connectivity index (χ0n) is 24.3. The van der Waals surface area contributed by atoms with Crippen LogP contribution in [0.2, 0.25) is 0 Å². The molecule has 0 saturated heterocycles. The van der Waals surface area contributed by atoms with Crippen molar-refractivity contribution in [2.45, 2.75) is 143 Å². The van der Waals surface area contributed by atoms with Crippen LogP contribution in [0.15, 0.2) is 30.3 Å². The molecule has 0 heterocycles. The van der Waals surface area contributed by atoms with Gasteiger partial charge in [-0.25, -0.2) is 0 Å². The molecule has 1 nitrogen and oxygen atoms in total. The molecule has 196 valence electrons. The van der Waals surface area contributed by atoms with Crippen molar-refractivity contribution in [3.63, 3.8) is 0 Å². The number of unbranched alkanes of at least 4 members (excludes halogenated alkanes) is 8. The van der Waals surface area contributed by atoms with Crippen LogP contribution in [0.1, 0.15) is 142 Å². The third-order valence-electron chi connectivity index (χ3n) is 7.28. The lowest BCUT2D eigenvalue weighted by molar-refractivity contribution is 0.472. The predicted molar refractivity (Wildman–Crippen MR) is 156 cm³/mol. The lowest BCUT2D eigenvalue weighted by Gasteiger charge is -2.29. The fourth-order valence-electron chi connectivity index (χ4n) is 5.15. The molecule has 0 bridgehead atoms. The van der Waals surface area contributed by atoms with Gasteiger partial charge in [0.15, 0.2) is 0 Å². The van der Waals surface area contributed by atoms with Crippen LogP contribution in [-0.4, -0.2) is 5.11 Å². The SMILES string of the molecule is CCCCCCCc1ccc(-c2c(O)cc(CCCCCCC)cc2C(C)(C)C)c(C(C)(C)C)c1. The van der Waals surface area contributed by atoms with Gasteiger partial charge in [0.05, 0.1) is 0 Å². The summed E-state index contributed by atoms with van der Waals surface area (Å²) in [5.74, 6) is 0.443. The predicted octanol–water partition coefficient (Wildman–Crippen LogP) is 10.7. The first-order valence-electron chi connectivity index (χ1n) is 14.5. The molecule has 0 aliphatic heterocycles. The van der Waals surface area contributed by atoms with Gasteiger partial charge in [0, 0.05) is 5.56 Å². The number of phenolic OH excluding ortho intramolecular Hbond substituents is 1. The summed E-state index contributed by atoms with van der Waals surface area (Å²) >= 11 is 0. The second-order valence-corrected chi connectivity index (χ2v) is 12.7. The number of hydrogen-bond donors (Lipinski definition) is 1. The zero-order valence-corrected chi connectivity index (χ0v) is 24.3. The van der Waals surface area contributed by atoms with Gasteiger partial charge in [-0.15, -0.1) is 0 Å². The van der Waals surface area contributed by atoms with Crippen molar-refractivity contribution in [3.05, 3.63) is 52.6 Å².